The van der Waals surface area contributed by atoms with Gasteiger partial charge < -0.3 is 74.3 Å². The Bertz CT molecular complexity index is 3290. The first kappa shape index (κ1) is 68.4. The van der Waals surface area contributed by atoms with Crippen LogP contribution < -0.4 is 54.0 Å². The van der Waals surface area contributed by atoms with Crippen LogP contribution >= 0.6 is 25.3 Å². The van der Waals surface area contributed by atoms with E-state index in [4.69, 9.17) is 11.5 Å². The van der Waals surface area contributed by atoms with Gasteiger partial charge in [-0.1, -0.05) is 121 Å². The van der Waals surface area contributed by atoms with Crippen molar-refractivity contribution in [2.45, 2.75) is 119 Å². The zero-order valence-electron chi connectivity index (χ0n) is 48.5. The highest BCUT2D eigenvalue weighted by atomic mass is 32.1. The maximum absolute atomic E-state index is 15.1. The maximum atomic E-state index is 15.1. The Morgan fingerprint density at radius 1 is 0.466 bits per heavy atom. The largest absolute Gasteiger partial charge is 0.508 e. The molecule has 6 aromatic rings. The van der Waals surface area contributed by atoms with Crippen LogP contribution in [0.3, 0.4) is 0 Å². The third-order valence-electron chi connectivity index (χ3n) is 14.5. The van der Waals surface area contributed by atoms with E-state index >= 15 is 4.79 Å². The Balaban J connectivity index is 1.27. The minimum absolute atomic E-state index is 0.0319. The molecule has 0 aliphatic rings. The molecule has 1 aromatic heterocycles. The lowest BCUT2D eigenvalue weighted by Crippen LogP contribution is -2.62. The average Bonchev–Trinajstić information content (AvgIpc) is 4.15. The van der Waals surface area contributed by atoms with Gasteiger partial charge in [0.05, 0.1) is 12.1 Å². The molecule has 16 N–H and O–H groups in total. The zero-order valence-corrected chi connectivity index (χ0v) is 50.3. The number of carbonyl (C=O) groups excluding carboxylic acids is 8. The molecule has 25 heteroatoms. The molecule has 5 aromatic carbocycles. The summed E-state index contributed by atoms with van der Waals surface area (Å²) in [5, 5.41) is 52.3. The van der Waals surface area contributed by atoms with Crippen LogP contribution in [0.5, 0.6) is 5.75 Å². The number of rotatable bonds is 34. The molecule has 0 bridgehead atoms. The molecule has 0 saturated carbocycles. The number of aliphatic hydroxyl groups excluding tert-OH is 1. The SMILES string of the molecule is C[C@@H](O)[C@H](NC(=O)[C@H](CCCCN)NC(=O)[C@H](Cc1c[nH]c2ccccc12)NC(=O)[C@H](Cc1ccccc1)NC(=O)[C@H](Cc1ccccc1)NC(=O)[C@H](CS)NC(=O)[C@@H](N)Cc1ccc(O)cc1)C(=O)N[C@@H](Cc1ccccc1)C(=O)N[C@@H](CS)C(=O)O. The van der Waals surface area contributed by atoms with Gasteiger partial charge in [0.2, 0.25) is 47.3 Å². The van der Waals surface area contributed by atoms with Crippen LogP contribution in [0.15, 0.2) is 146 Å². The summed E-state index contributed by atoms with van der Waals surface area (Å²) in [5.74, 6) is -8.57. The molecule has 0 saturated heterocycles. The number of aromatic nitrogens is 1. The molecule has 0 fully saturated rings. The number of H-pyrrole nitrogens is 1. The number of amides is 8. The van der Waals surface area contributed by atoms with Crippen molar-refractivity contribution in [3.63, 3.8) is 0 Å². The Morgan fingerprint density at radius 3 is 1.33 bits per heavy atom. The second-order valence-corrected chi connectivity index (χ2v) is 22.0. The predicted molar refractivity (Wildman–Crippen MR) is 338 cm³/mol. The number of aromatic amines is 1. The van der Waals surface area contributed by atoms with E-state index in [1.54, 1.807) is 115 Å². The van der Waals surface area contributed by atoms with Crippen molar-refractivity contribution in [2.75, 3.05) is 18.1 Å². The van der Waals surface area contributed by atoms with Crippen LogP contribution in [0, 0.1) is 0 Å². The number of carboxylic acids is 1. The summed E-state index contributed by atoms with van der Waals surface area (Å²) in [4.78, 5) is 130. The maximum Gasteiger partial charge on any atom is 0.327 e. The minimum Gasteiger partial charge on any atom is -0.508 e. The number of carbonyl (C=O) groups is 9. The lowest BCUT2D eigenvalue weighted by molar-refractivity contribution is -0.141. The molecule has 8 amide bonds. The standard InChI is InChI=1S/C63H77N11O12S2/c1-37(75)54(62(84)71-50(32-40-19-9-4-10-20-40)59(81)73-53(36-88)63(85)86)74-56(78)47(23-13-14-28-64)67-60(82)51(33-42-34-66-46-22-12-11-21-44(42)46)70-58(80)48(30-38-15-5-2-6-16-38)68-57(79)49(31-39-17-7-3-8-18-39)69-61(83)52(35-87)72-55(77)45(65)29-41-24-26-43(76)27-25-41/h2-12,15-22,24-27,34,37,45,47-54,66,75-76,87-88H,13-14,23,28-33,35-36,64-65H2,1H3,(H,67,82)(H,68,79)(H,69,83)(H,70,80)(H,71,84)(H,72,77)(H,73,81)(H,74,78)(H,85,86)/t37-,45+,47+,48+,49+,50+,51+,52+,53+,54+/m1/s1. The Hall–Kier alpha value is -8.75. The first-order chi connectivity index (χ1) is 42.3. The molecule has 0 spiro atoms. The number of phenols is 1. The van der Waals surface area contributed by atoms with Crippen molar-refractivity contribution in [2.24, 2.45) is 11.5 Å². The van der Waals surface area contributed by atoms with Crippen molar-refractivity contribution in [1.29, 1.82) is 0 Å². The number of carboxylic acid groups (broad SMARTS) is 1. The first-order valence-electron chi connectivity index (χ1n) is 28.7. The summed E-state index contributed by atoms with van der Waals surface area (Å²) in [7, 11) is 0. The number of phenolic OH excluding ortho intramolecular Hbond substituents is 1. The summed E-state index contributed by atoms with van der Waals surface area (Å²) >= 11 is 8.37. The van der Waals surface area contributed by atoms with Crippen molar-refractivity contribution < 1.29 is 58.5 Å². The summed E-state index contributed by atoms with van der Waals surface area (Å²) < 4.78 is 0. The van der Waals surface area contributed by atoms with Crippen LogP contribution in [0.1, 0.15) is 54.0 Å². The monoisotopic (exact) mass is 1240 g/mol. The van der Waals surface area contributed by atoms with Gasteiger partial charge in [0.15, 0.2) is 0 Å². The minimum atomic E-state index is -1.73. The van der Waals surface area contributed by atoms with E-state index in [2.05, 4.69) is 72.8 Å². The molecule has 0 aliphatic carbocycles. The highest BCUT2D eigenvalue weighted by Crippen LogP contribution is 2.20. The van der Waals surface area contributed by atoms with E-state index in [1.807, 2.05) is 18.2 Å². The number of fused-ring (bicyclic) bond motifs is 1. The van der Waals surface area contributed by atoms with Gasteiger partial charge in [-0.15, -0.1) is 0 Å². The van der Waals surface area contributed by atoms with Gasteiger partial charge in [-0.05, 0) is 85.2 Å². The van der Waals surface area contributed by atoms with Crippen molar-refractivity contribution >= 4 is 89.4 Å². The number of nitrogens with one attached hydrogen (secondary N) is 9. The van der Waals surface area contributed by atoms with Gasteiger partial charge >= 0.3 is 5.97 Å². The van der Waals surface area contributed by atoms with Crippen LogP contribution in [0.25, 0.3) is 10.9 Å². The fraction of sp³-hybridized carbons (Fsp3) is 0.349. The highest BCUT2D eigenvalue weighted by Gasteiger charge is 2.37. The van der Waals surface area contributed by atoms with E-state index in [9.17, 15) is 53.7 Å². The smallest absolute Gasteiger partial charge is 0.327 e. The van der Waals surface area contributed by atoms with E-state index < -0.39 is 114 Å². The number of hydrogen-bond donors (Lipinski definition) is 16. The van der Waals surface area contributed by atoms with Crippen LogP contribution in [0.4, 0.5) is 0 Å². The molecule has 0 radical (unpaired) electrons. The third-order valence-corrected chi connectivity index (χ3v) is 15.2. The normalized spacial score (nSPS) is 14.6. The van der Waals surface area contributed by atoms with E-state index in [0.29, 0.717) is 45.1 Å². The average molecular weight is 1240 g/mol. The van der Waals surface area contributed by atoms with Crippen LogP contribution in [-0.4, -0.2) is 152 Å². The zero-order chi connectivity index (χ0) is 63.7. The van der Waals surface area contributed by atoms with Crippen molar-refractivity contribution in [1.82, 2.24) is 47.5 Å². The van der Waals surface area contributed by atoms with E-state index in [-0.39, 0.29) is 68.7 Å². The Kier molecular flexibility index (Phi) is 26.8. The topological polar surface area (TPSA) is 378 Å². The molecule has 88 heavy (non-hydrogen) atoms. The van der Waals surface area contributed by atoms with Crippen LogP contribution in [0.2, 0.25) is 0 Å². The lowest BCUT2D eigenvalue weighted by Gasteiger charge is -2.29. The third kappa shape index (κ3) is 21.0. The van der Waals surface area contributed by atoms with Gasteiger partial charge in [0.1, 0.15) is 54.1 Å². The molecule has 0 aliphatic heterocycles. The van der Waals surface area contributed by atoms with E-state index in [0.717, 1.165) is 0 Å². The molecule has 6 rings (SSSR count). The predicted octanol–water partition coefficient (Wildman–Crippen LogP) is 1.05. The Morgan fingerprint density at radius 2 is 0.864 bits per heavy atom. The molecule has 0 unspecified atom stereocenters. The number of nitrogens with two attached hydrogens (primary N) is 2. The molecular formula is C63H77N11O12S2. The van der Waals surface area contributed by atoms with Gasteiger partial charge in [0.25, 0.3) is 0 Å². The summed E-state index contributed by atoms with van der Waals surface area (Å²) in [5.41, 5.74) is 15.9. The molecule has 1 heterocycles. The van der Waals surface area contributed by atoms with Crippen molar-refractivity contribution in [3.05, 3.63) is 174 Å². The number of aliphatic carboxylic acids is 1. The van der Waals surface area contributed by atoms with Gasteiger partial charge in [0, 0.05) is 54.3 Å². The second-order valence-electron chi connectivity index (χ2n) is 21.3. The number of benzene rings is 5. The number of thiol groups is 2. The number of para-hydroxylation sites is 1. The summed E-state index contributed by atoms with van der Waals surface area (Å²) in [6.07, 6.45) is 0.356. The van der Waals surface area contributed by atoms with Crippen LogP contribution in [-0.2, 0) is 75.3 Å². The molecule has 23 nitrogen and oxygen atoms in total. The number of aliphatic hydroxyl groups is 1. The quantitative estimate of drug-likeness (QED) is 0.0198. The highest BCUT2D eigenvalue weighted by molar-refractivity contribution is 7.80. The number of hydrogen-bond acceptors (Lipinski definition) is 15. The summed E-state index contributed by atoms with van der Waals surface area (Å²) in [6.45, 7) is 1.45. The molecule has 468 valence electrons. The van der Waals surface area contributed by atoms with Gasteiger partial charge in [-0.25, -0.2) is 4.79 Å². The first-order valence-corrected chi connectivity index (χ1v) is 30.0. The fourth-order valence-electron chi connectivity index (χ4n) is 9.59. The lowest BCUT2D eigenvalue weighted by atomic mass is 10.00. The Labute approximate surface area is 520 Å². The molecular weight excluding hydrogens is 1170 g/mol. The van der Waals surface area contributed by atoms with Gasteiger partial charge in [-0.2, -0.15) is 25.3 Å². The van der Waals surface area contributed by atoms with E-state index in [1.165, 1.54) is 19.1 Å². The number of unbranched alkanes of at least 4 members (excludes halogenated alkanes) is 1. The van der Waals surface area contributed by atoms with Crippen molar-refractivity contribution in [3.8, 4) is 5.75 Å². The fourth-order valence-corrected chi connectivity index (χ4v) is 10.1. The molecule has 10 atom stereocenters. The van der Waals surface area contributed by atoms with Gasteiger partial charge in [-0.3, -0.25) is 38.4 Å². The second kappa shape index (κ2) is 34.6. The summed E-state index contributed by atoms with van der Waals surface area (Å²) in [6, 6.07) is 26.8. The number of aromatic hydroxyl groups is 1.